The van der Waals surface area contributed by atoms with Crippen molar-refractivity contribution in [1.82, 2.24) is 13.7 Å². The fourth-order valence-corrected chi connectivity index (χ4v) is 3.17. The van der Waals surface area contributed by atoms with Gasteiger partial charge >= 0.3 is 5.69 Å². The molecule has 0 aliphatic carbocycles. The molecule has 3 rings (SSSR count). The molecule has 1 N–H and O–H groups in total. The molecular formula is C18H19ClN4O4. The van der Waals surface area contributed by atoms with Crippen LogP contribution in [0.1, 0.15) is 10.5 Å². The number of hydrogen-bond donors (Lipinski definition) is 1. The molecule has 0 aliphatic rings. The van der Waals surface area contributed by atoms with Crippen molar-refractivity contribution < 1.29 is 9.53 Å². The molecule has 0 atom stereocenters. The molecule has 1 aromatic carbocycles. The number of hydrogen-bond acceptors (Lipinski definition) is 4. The number of halogens is 1. The first-order valence-corrected chi connectivity index (χ1v) is 8.58. The zero-order valence-electron chi connectivity index (χ0n) is 15.2. The Labute approximate surface area is 159 Å². The van der Waals surface area contributed by atoms with Crippen LogP contribution in [0.25, 0.3) is 11.0 Å². The van der Waals surface area contributed by atoms with Crippen molar-refractivity contribution in [2.24, 2.45) is 14.1 Å². The Bertz CT molecular complexity index is 1140. The van der Waals surface area contributed by atoms with E-state index < -0.39 is 17.2 Å². The molecule has 8 nitrogen and oxygen atoms in total. The summed E-state index contributed by atoms with van der Waals surface area (Å²) in [5.74, 6) is -0.440. The van der Waals surface area contributed by atoms with Gasteiger partial charge in [-0.05, 0) is 18.2 Å². The van der Waals surface area contributed by atoms with Crippen molar-refractivity contribution in [3.8, 4) is 0 Å². The molecule has 0 bridgehead atoms. The minimum absolute atomic E-state index is 0.236. The molecule has 3 aromatic rings. The summed E-state index contributed by atoms with van der Waals surface area (Å²) in [6.07, 6.45) is 0. The molecule has 142 valence electrons. The van der Waals surface area contributed by atoms with Crippen LogP contribution in [0.5, 0.6) is 0 Å². The van der Waals surface area contributed by atoms with Crippen molar-refractivity contribution in [3.63, 3.8) is 0 Å². The van der Waals surface area contributed by atoms with Gasteiger partial charge in [0.2, 0.25) is 0 Å². The van der Waals surface area contributed by atoms with E-state index in [1.165, 1.54) is 24.8 Å². The third-order valence-corrected chi connectivity index (χ3v) is 4.70. The average molecular weight is 391 g/mol. The van der Waals surface area contributed by atoms with Gasteiger partial charge in [-0.15, -0.1) is 0 Å². The summed E-state index contributed by atoms with van der Waals surface area (Å²) in [5.41, 5.74) is 0.123. The summed E-state index contributed by atoms with van der Waals surface area (Å²) in [7, 11) is 4.50. The number of nitrogens with one attached hydrogen (secondary N) is 1. The Balaban J connectivity index is 2.20. The quantitative estimate of drug-likeness (QED) is 0.716. The summed E-state index contributed by atoms with van der Waals surface area (Å²) in [4.78, 5) is 37.7. The van der Waals surface area contributed by atoms with Crippen LogP contribution in [0.2, 0.25) is 5.02 Å². The molecule has 9 heteroatoms. The smallest absolute Gasteiger partial charge is 0.332 e. The number of amides is 1. The first kappa shape index (κ1) is 18.9. The lowest BCUT2D eigenvalue weighted by molar-refractivity contribution is 0.101. The Morgan fingerprint density at radius 2 is 1.89 bits per heavy atom. The molecule has 1 amide bonds. The summed E-state index contributed by atoms with van der Waals surface area (Å²) < 4.78 is 9.08. The number of carbonyl (C=O) groups is 1. The monoisotopic (exact) mass is 390 g/mol. The van der Waals surface area contributed by atoms with E-state index in [4.69, 9.17) is 16.3 Å². The number of benzene rings is 1. The van der Waals surface area contributed by atoms with Gasteiger partial charge in [0.25, 0.3) is 11.5 Å². The molecule has 0 fully saturated rings. The molecule has 0 radical (unpaired) electrons. The second kappa shape index (κ2) is 7.42. The van der Waals surface area contributed by atoms with Crippen molar-refractivity contribution >= 4 is 34.2 Å². The zero-order valence-corrected chi connectivity index (χ0v) is 15.9. The molecule has 2 aromatic heterocycles. The van der Waals surface area contributed by atoms with Gasteiger partial charge < -0.3 is 14.6 Å². The topological polar surface area (TPSA) is 87.3 Å². The zero-order chi connectivity index (χ0) is 19.7. The molecule has 27 heavy (non-hydrogen) atoms. The van der Waals surface area contributed by atoms with Gasteiger partial charge in [0, 0.05) is 27.7 Å². The van der Waals surface area contributed by atoms with Crippen molar-refractivity contribution in [2.45, 2.75) is 6.54 Å². The predicted octanol–water partition coefficient (Wildman–Crippen LogP) is 1.59. The second-order valence-electron chi connectivity index (χ2n) is 6.05. The fourth-order valence-electron chi connectivity index (χ4n) is 2.99. The van der Waals surface area contributed by atoms with Crippen LogP contribution in [-0.2, 0) is 25.4 Å². The number of fused-ring (bicyclic) bond motifs is 1. The van der Waals surface area contributed by atoms with Gasteiger partial charge in [0.15, 0.2) is 0 Å². The summed E-state index contributed by atoms with van der Waals surface area (Å²) in [5, 5.41) is 3.42. The van der Waals surface area contributed by atoms with Gasteiger partial charge in [-0.1, -0.05) is 23.7 Å². The van der Waals surface area contributed by atoms with E-state index in [-0.39, 0.29) is 11.1 Å². The largest absolute Gasteiger partial charge is 0.383 e. The van der Waals surface area contributed by atoms with Gasteiger partial charge in [-0.3, -0.25) is 18.7 Å². The number of carbonyl (C=O) groups excluding carboxylic acids is 1. The number of anilines is 1. The van der Waals surface area contributed by atoms with Crippen molar-refractivity contribution in [3.05, 3.63) is 61.9 Å². The minimum atomic E-state index is -0.470. The second-order valence-corrected chi connectivity index (χ2v) is 6.46. The molecule has 2 heterocycles. The normalized spacial score (nSPS) is 11.1. The molecule has 0 aliphatic heterocycles. The lowest BCUT2D eigenvalue weighted by Gasteiger charge is -2.13. The van der Waals surface area contributed by atoms with E-state index in [0.717, 1.165) is 4.57 Å². The maximum absolute atomic E-state index is 12.9. The van der Waals surface area contributed by atoms with E-state index in [0.29, 0.717) is 29.5 Å². The third-order valence-electron chi connectivity index (χ3n) is 4.37. The van der Waals surface area contributed by atoms with Gasteiger partial charge in [-0.25, -0.2) is 4.79 Å². The SMILES string of the molecule is COCCn1c(C(=O)Nc2ccccc2Cl)cc2c(=O)n(C)c(=O)n(C)c21. The molecular weight excluding hydrogens is 372 g/mol. The maximum atomic E-state index is 12.9. The molecule has 0 spiro atoms. The summed E-state index contributed by atoms with van der Waals surface area (Å²) >= 11 is 6.11. The average Bonchev–Trinajstić information content (AvgIpc) is 3.04. The van der Waals surface area contributed by atoms with Crippen LogP contribution in [0.3, 0.4) is 0 Å². The first-order chi connectivity index (χ1) is 12.9. The standard InChI is InChI=1S/C18H19ClN4O4/c1-21-16-11(17(25)22(2)18(21)26)10-14(23(16)8-9-27-3)15(24)20-13-7-5-4-6-12(13)19/h4-7,10H,8-9H2,1-3H3,(H,20,24). The number of aryl methyl sites for hydroxylation is 1. The van der Waals surface area contributed by atoms with Crippen molar-refractivity contribution in [1.29, 1.82) is 0 Å². The van der Waals surface area contributed by atoms with Crippen LogP contribution in [0.15, 0.2) is 39.9 Å². The van der Waals surface area contributed by atoms with Crippen LogP contribution in [0.4, 0.5) is 5.69 Å². The summed E-state index contributed by atoms with van der Waals surface area (Å²) in [6, 6.07) is 8.33. The van der Waals surface area contributed by atoms with Gasteiger partial charge in [0.05, 0.1) is 22.7 Å². The minimum Gasteiger partial charge on any atom is -0.383 e. The Hall–Kier alpha value is -2.84. The van der Waals surface area contributed by atoms with Crippen LogP contribution < -0.4 is 16.6 Å². The lowest BCUT2D eigenvalue weighted by Crippen LogP contribution is -2.37. The number of methoxy groups -OCH3 is 1. The number of aromatic nitrogens is 3. The van der Waals surface area contributed by atoms with Gasteiger partial charge in [-0.2, -0.15) is 0 Å². The Morgan fingerprint density at radius 1 is 1.19 bits per heavy atom. The maximum Gasteiger partial charge on any atom is 0.332 e. The van der Waals surface area contributed by atoms with Crippen molar-refractivity contribution in [2.75, 3.05) is 19.0 Å². The highest BCUT2D eigenvalue weighted by atomic mass is 35.5. The third kappa shape index (κ3) is 3.29. The highest BCUT2D eigenvalue weighted by Gasteiger charge is 2.21. The lowest BCUT2D eigenvalue weighted by atomic mass is 10.3. The van der Waals surface area contributed by atoms with E-state index >= 15 is 0 Å². The number of nitrogens with zero attached hydrogens (tertiary/aromatic N) is 3. The molecule has 0 unspecified atom stereocenters. The molecule has 0 saturated heterocycles. The highest BCUT2D eigenvalue weighted by Crippen LogP contribution is 2.22. The fraction of sp³-hybridized carbons (Fsp3) is 0.278. The van der Waals surface area contributed by atoms with E-state index in [9.17, 15) is 14.4 Å². The number of rotatable bonds is 5. The van der Waals surface area contributed by atoms with Crippen LogP contribution >= 0.6 is 11.6 Å². The number of ether oxygens (including phenoxy) is 1. The Kier molecular flexibility index (Phi) is 5.20. The van der Waals surface area contributed by atoms with Crippen LogP contribution in [-0.4, -0.2) is 33.3 Å². The summed E-state index contributed by atoms with van der Waals surface area (Å²) in [6.45, 7) is 0.602. The predicted molar refractivity (Wildman–Crippen MR) is 104 cm³/mol. The van der Waals surface area contributed by atoms with Gasteiger partial charge in [0.1, 0.15) is 11.3 Å². The van der Waals surface area contributed by atoms with E-state index in [1.54, 1.807) is 35.9 Å². The highest BCUT2D eigenvalue weighted by molar-refractivity contribution is 6.33. The van der Waals surface area contributed by atoms with E-state index in [2.05, 4.69) is 5.32 Å². The van der Waals surface area contributed by atoms with Crippen LogP contribution in [0, 0.1) is 0 Å². The van der Waals surface area contributed by atoms with E-state index in [1.807, 2.05) is 0 Å². The number of para-hydroxylation sites is 1. The molecule has 0 saturated carbocycles. The Morgan fingerprint density at radius 3 is 2.56 bits per heavy atom. The first-order valence-electron chi connectivity index (χ1n) is 8.21.